The summed E-state index contributed by atoms with van der Waals surface area (Å²) in [5.41, 5.74) is 0.228. The Kier molecular flexibility index (Phi) is 4.14. The topological polar surface area (TPSA) is 12.0 Å². The molecule has 3 atom stereocenters. The third-order valence-electron chi connectivity index (χ3n) is 5.12. The smallest absolute Gasteiger partial charge is 0.382 e. The first-order chi connectivity index (χ1) is 10.0. The lowest BCUT2D eigenvalue weighted by Crippen LogP contribution is -2.34. The number of alkyl halides is 3. The predicted octanol–water partition coefficient (Wildman–Crippen LogP) is 5.48. The lowest BCUT2D eigenvalue weighted by molar-refractivity contribution is -0.137. The molecule has 1 N–H and O–H groups in total. The second-order valence-electron chi connectivity index (χ2n) is 6.53. The van der Waals surface area contributed by atoms with Gasteiger partial charge in [0.05, 0.1) is 5.56 Å². The quantitative estimate of drug-likeness (QED) is 0.762. The van der Waals surface area contributed by atoms with Crippen LogP contribution in [0.25, 0.3) is 0 Å². The van der Waals surface area contributed by atoms with Crippen molar-refractivity contribution in [1.29, 1.82) is 0 Å². The van der Waals surface area contributed by atoms with Crippen molar-refractivity contribution in [3.8, 4) is 0 Å². The number of hydrogen-bond acceptors (Lipinski definition) is 1. The van der Waals surface area contributed by atoms with Crippen molar-refractivity contribution in [1.82, 2.24) is 0 Å². The van der Waals surface area contributed by atoms with Crippen LogP contribution in [0.4, 0.5) is 18.9 Å². The molecular weight excluding hydrogens is 275 g/mol. The average Bonchev–Trinajstić information content (AvgIpc) is 2.47. The maximum Gasteiger partial charge on any atom is 0.416 e. The molecule has 1 nitrogen and oxygen atoms in total. The molecule has 1 aromatic carbocycles. The fourth-order valence-electron chi connectivity index (χ4n) is 4.00. The van der Waals surface area contributed by atoms with Crippen LogP contribution in [0.5, 0.6) is 0 Å². The molecule has 0 bridgehead atoms. The van der Waals surface area contributed by atoms with Gasteiger partial charge in [0, 0.05) is 11.7 Å². The summed E-state index contributed by atoms with van der Waals surface area (Å²) in [5.74, 6) is 1.71. The number of fused-ring (bicyclic) bond motifs is 1. The lowest BCUT2D eigenvalue weighted by atomic mass is 9.69. The van der Waals surface area contributed by atoms with Crippen LogP contribution in [0.15, 0.2) is 24.3 Å². The van der Waals surface area contributed by atoms with Crippen molar-refractivity contribution in [3.05, 3.63) is 29.8 Å². The SMILES string of the molecule is FC(F)(F)c1ccc(NC2CCC3CCCCC3C2)cc1. The van der Waals surface area contributed by atoms with Gasteiger partial charge in [0.15, 0.2) is 0 Å². The highest BCUT2D eigenvalue weighted by molar-refractivity contribution is 5.46. The third-order valence-corrected chi connectivity index (χ3v) is 5.12. The minimum Gasteiger partial charge on any atom is -0.382 e. The highest BCUT2D eigenvalue weighted by atomic mass is 19.4. The summed E-state index contributed by atoms with van der Waals surface area (Å²) in [6.45, 7) is 0. The molecule has 1 aromatic rings. The highest BCUT2D eigenvalue weighted by Crippen LogP contribution is 2.41. The summed E-state index contributed by atoms with van der Waals surface area (Å²) in [6, 6.07) is 5.84. The van der Waals surface area contributed by atoms with E-state index in [1.807, 2.05) is 0 Å². The van der Waals surface area contributed by atoms with Gasteiger partial charge in [0.25, 0.3) is 0 Å². The number of benzene rings is 1. The number of hydrogen-bond donors (Lipinski definition) is 1. The van der Waals surface area contributed by atoms with Gasteiger partial charge in [0.2, 0.25) is 0 Å². The zero-order valence-electron chi connectivity index (χ0n) is 12.1. The third kappa shape index (κ3) is 3.53. The Bertz CT molecular complexity index is 466. The van der Waals surface area contributed by atoms with Crippen molar-refractivity contribution < 1.29 is 13.2 Å². The number of anilines is 1. The molecule has 0 spiro atoms. The molecule has 2 saturated carbocycles. The molecule has 3 rings (SSSR count). The zero-order valence-corrected chi connectivity index (χ0v) is 12.1. The molecule has 0 aromatic heterocycles. The van der Waals surface area contributed by atoms with E-state index in [0.717, 1.165) is 36.1 Å². The summed E-state index contributed by atoms with van der Waals surface area (Å²) >= 11 is 0. The molecule has 0 aliphatic heterocycles. The maximum absolute atomic E-state index is 12.5. The van der Waals surface area contributed by atoms with Crippen molar-refractivity contribution >= 4 is 5.69 Å². The molecule has 3 unspecified atom stereocenters. The molecule has 2 fully saturated rings. The van der Waals surface area contributed by atoms with Crippen LogP contribution in [0, 0.1) is 11.8 Å². The first-order valence-electron chi connectivity index (χ1n) is 7.96. The molecule has 0 amide bonds. The summed E-state index contributed by atoms with van der Waals surface area (Å²) in [7, 11) is 0. The molecule has 0 radical (unpaired) electrons. The van der Waals surface area contributed by atoms with Crippen LogP contribution in [0.3, 0.4) is 0 Å². The normalized spacial score (nSPS) is 29.8. The van der Waals surface area contributed by atoms with E-state index in [4.69, 9.17) is 0 Å². The van der Waals surface area contributed by atoms with Gasteiger partial charge in [0.1, 0.15) is 0 Å². The first kappa shape index (κ1) is 14.7. The van der Waals surface area contributed by atoms with E-state index < -0.39 is 11.7 Å². The van der Waals surface area contributed by atoms with Crippen LogP contribution in [0.2, 0.25) is 0 Å². The summed E-state index contributed by atoms with van der Waals surface area (Å²) < 4.78 is 37.6. The van der Waals surface area contributed by atoms with Crippen LogP contribution in [-0.2, 0) is 6.18 Å². The standard InChI is InChI=1S/C17H22F3N/c18-17(19,20)14-6-9-15(10-7-14)21-16-8-5-12-3-1-2-4-13(12)11-16/h6-7,9-10,12-13,16,21H,1-5,8,11H2. The van der Waals surface area contributed by atoms with E-state index in [1.165, 1.54) is 38.5 Å². The van der Waals surface area contributed by atoms with Crippen LogP contribution < -0.4 is 5.32 Å². The Hall–Kier alpha value is -1.19. The fraction of sp³-hybridized carbons (Fsp3) is 0.647. The predicted molar refractivity (Wildman–Crippen MR) is 78.2 cm³/mol. The largest absolute Gasteiger partial charge is 0.416 e. The monoisotopic (exact) mass is 297 g/mol. The second-order valence-corrected chi connectivity index (χ2v) is 6.53. The van der Waals surface area contributed by atoms with E-state index in [9.17, 15) is 13.2 Å². The Morgan fingerprint density at radius 3 is 2.19 bits per heavy atom. The summed E-state index contributed by atoms with van der Waals surface area (Å²) in [5, 5.41) is 3.43. The Morgan fingerprint density at radius 2 is 1.52 bits per heavy atom. The van der Waals surface area contributed by atoms with Gasteiger partial charge >= 0.3 is 6.18 Å². The van der Waals surface area contributed by atoms with Gasteiger partial charge in [-0.2, -0.15) is 13.2 Å². The van der Waals surface area contributed by atoms with Gasteiger partial charge in [-0.15, -0.1) is 0 Å². The Labute approximate surface area is 123 Å². The molecular formula is C17H22F3N. The molecule has 0 heterocycles. The van der Waals surface area contributed by atoms with E-state index in [0.29, 0.717) is 6.04 Å². The number of nitrogens with one attached hydrogen (secondary N) is 1. The van der Waals surface area contributed by atoms with Crippen molar-refractivity contribution in [2.75, 3.05) is 5.32 Å². The Balaban J connectivity index is 1.59. The molecule has 116 valence electrons. The van der Waals surface area contributed by atoms with Gasteiger partial charge < -0.3 is 5.32 Å². The van der Waals surface area contributed by atoms with Crippen LogP contribution >= 0.6 is 0 Å². The van der Waals surface area contributed by atoms with E-state index >= 15 is 0 Å². The first-order valence-corrected chi connectivity index (χ1v) is 7.96. The molecule has 4 heteroatoms. The summed E-state index contributed by atoms with van der Waals surface area (Å²) in [6.07, 6.45) is 4.75. The molecule has 2 aliphatic rings. The number of halogens is 3. The zero-order chi connectivity index (χ0) is 14.9. The minimum atomic E-state index is -4.25. The molecule has 0 saturated heterocycles. The summed E-state index contributed by atoms with van der Waals surface area (Å²) in [4.78, 5) is 0. The Morgan fingerprint density at radius 1 is 0.857 bits per heavy atom. The van der Waals surface area contributed by atoms with Crippen molar-refractivity contribution in [3.63, 3.8) is 0 Å². The van der Waals surface area contributed by atoms with Gasteiger partial charge in [-0.3, -0.25) is 0 Å². The van der Waals surface area contributed by atoms with E-state index in [2.05, 4.69) is 5.32 Å². The fourth-order valence-corrected chi connectivity index (χ4v) is 4.00. The van der Waals surface area contributed by atoms with Gasteiger partial charge in [-0.25, -0.2) is 0 Å². The van der Waals surface area contributed by atoms with E-state index in [1.54, 1.807) is 12.1 Å². The van der Waals surface area contributed by atoms with Gasteiger partial charge in [-0.1, -0.05) is 25.7 Å². The maximum atomic E-state index is 12.5. The average molecular weight is 297 g/mol. The van der Waals surface area contributed by atoms with Crippen LogP contribution in [-0.4, -0.2) is 6.04 Å². The van der Waals surface area contributed by atoms with Crippen molar-refractivity contribution in [2.24, 2.45) is 11.8 Å². The lowest BCUT2D eigenvalue weighted by Gasteiger charge is -2.39. The minimum absolute atomic E-state index is 0.418. The van der Waals surface area contributed by atoms with Crippen LogP contribution in [0.1, 0.15) is 50.5 Å². The second kappa shape index (κ2) is 5.90. The van der Waals surface area contributed by atoms with Gasteiger partial charge in [-0.05, 0) is 55.4 Å². The number of rotatable bonds is 2. The molecule has 2 aliphatic carbocycles. The van der Waals surface area contributed by atoms with E-state index in [-0.39, 0.29) is 0 Å². The van der Waals surface area contributed by atoms with Crippen molar-refractivity contribution in [2.45, 2.75) is 57.2 Å². The highest BCUT2D eigenvalue weighted by Gasteiger charge is 2.32. The molecule has 21 heavy (non-hydrogen) atoms.